The van der Waals surface area contributed by atoms with E-state index in [2.05, 4.69) is 4.85 Å². The van der Waals surface area contributed by atoms with E-state index >= 15 is 0 Å². The number of halogens is 2. The van der Waals surface area contributed by atoms with E-state index in [0.29, 0.717) is 0 Å². The molecule has 0 aromatic heterocycles. The number of carbonyl (C=O) groups excluding carboxylic acids is 2. The summed E-state index contributed by atoms with van der Waals surface area (Å²) in [6, 6.07) is -1.42. The molecule has 2 saturated heterocycles. The van der Waals surface area contributed by atoms with Crippen molar-refractivity contribution in [2.45, 2.75) is 57.2 Å². The van der Waals surface area contributed by atoms with Crippen molar-refractivity contribution in [2.24, 2.45) is 0 Å². The number of carbonyl (C=O) groups is 2. The van der Waals surface area contributed by atoms with Gasteiger partial charge in [-0.1, -0.05) is 0 Å². The third-order valence-electron chi connectivity index (χ3n) is 3.86. The van der Waals surface area contributed by atoms with E-state index in [-0.39, 0.29) is 25.9 Å². The lowest BCUT2D eigenvalue weighted by Gasteiger charge is -2.29. The van der Waals surface area contributed by atoms with Crippen LogP contribution in [0.3, 0.4) is 0 Å². The summed E-state index contributed by atoms with van der Waals surface area (Å²) in [5, 5.41) is 0. The minimum Gasteiger partial charge on any atom is -0.444 e. The van der Waals surface area contributed by atoms with Crippen molar-refractivity contribution in [3.8, 4) is 0 Å². The number of hydrogen-bond donors (Lipinski definition) is 0. The molecule has 8 heteroatoms. The van der Waals surface area contributed by atoms with Gasteiger partial charge in [-0.3, -0.25) is 9.69 Å². The van der Waals surface area contributed by atoms with E-state index in [1.54, 1.807) is 20.8 Å². The van der Waals surface area contributed by atoms with Gasteiger partial charge >= 0.3 is 6.09 Å². The van der Waals surface area contributed by atoms with Crippen LogP contribution in [-0.2, 0) is 9.53 Å². The van der Waals surface area contributed by atoms with Crippen LogP contribution in [0.15, 0.2) is 0 Å². The van der Waals surface area contributed by atoms with Gasteiger partial charge < -0.3 is 14.5 Å². The van der Waals surface area contributed by atoms with Gasteiger partial charge in [-0.2, -0.15) is 0 Å². The molecule has 0 spiro atoms. The van der Waals surface area contributed by atoms with Crippen LogP contribution in [0.4, 0.5) is 13.6 Å². The van der Waals surface area contributed by atoms with Gasteiger partial charge in [0.2, 0.25) is 11.9 Å². The average molecular weight is 329 g/mol. The quantitative estimate of drug-likeness (QED) is 0.693. The van der Waals surface area contributed by atoms with Crippen molar-refractivity contribution in [2.75, 3.05) is 19.6 Å². The Balaban J connectivity index is 2.12. The molecule has 0 N–H and O–H groups in total. The molecule has 2 atom stereocenters. The first-order valence-corrected chi connectivity index (χ1v) is 7.55. The molecular weight excluding hydrogens is 308 g/mol. The summed E-state index contributed by atoms with van der Waals surface area (Å²) in [6.07, 6.45) is -0.902. The molecule has 0 aliphatic carbocycles. The zero-order valence-corrected chi connectivity index (χ0v) is 13.5. The summed E-state index contributed by atoms with van der Waals surface area (Å²) in [5.41, 5.74) is -0.735. The molecule has 0 saturated carbocycles. The normalized spacial score (nSPS) is 27.0. The zero-order chi connectivity index (χ0) is 17.4. The Kier molecular flexibility index (Phi) is 4.51. The van der Waals surface area contributed by atoms with Crippen LogP contribution >= 0.6 is 0 Å². The van der Waals surface area contributed by atoms with E-state index in [9.17, 15) is 18.4 Å². The van der Waals surface area contributed by atoms with Crippen molar-refractivity contribution < 1.29 is 23.1 Å². The fourth-order valence-corrected chi connectivity index (χ4v) is 2.80. The van der Waals surface area contributed by atoms with Gasteiger partial charge in [0, 0.05) is 13.0 Å². The smallest absolute Gasteiger partial charge is 0.411 e. The van der Waals surface area contributed by atoms with Gasteiger partial charge in [-0.25, -0.2) is 20.1 Å². The molecule has 0 aromatic carbocycles. The highest BCUT2D eigenvalue weighted by Crippen LogP contribution is 2.30. The minimum atomic E-state index is -2.88. The molecule has 0 unspecified atom stereocenters. The molecule has 0 aromatic rings. The maximum absolute atomic E-state index is 13.3. The topological polar surface area (TPSA) is 54.2 Å². The second kappa shape index (κ2) is 5.95. The monoisotopic (exact) mass is 329 g/mol. The molecule has 0 bridgehead atoms. The zero-order valence-electron chi connectivity index (χ0n) is 13.5. The summed E-state index contributed by atoms with van der Waals surface area (Å²) < 4.78 is 31.9. The number of alkyl halides is 2. The predicted molar refractivity (Wildman–Crippen MR) is 77.9 cm³/mol. The van der Waals surface area contributed by atoms with Crippen LogP contribution in [0.1, 0.15) is 33.6 Å². The van der Waals surface area contributed by atoms with E-state index in [0.717, 1.165) is 4.90 Å². The highest BCUT2D eigenvalue weighted by atomic mass is 19.3. The number of likely N-dealkylation sites (tertiary alicyclic amines) is 2. The third kappa shape index (κ3) is 4.09. The molecule has 128 valence electrons. The summed E-state index contributed by atoms with van der Waals surface area (Å²) >= 11 is 0. The van der Waals surface area contributed by atoms with Crippen molar-refractivity contribution in [3.63, 3.8) is 0 Å². The summed E-state index contributed by atoms with van der Waals surface area (Å²) in [4.78, 5) is 30.4. The molecule has 2 heterocycles. The fourth-order valence-electron chi connectivity index (χ4n) is 2.80. The maximum Gasteiger partial charge on any atom is 0.411 e. The van der Waals surface area contributed by atoms with Crippen molar-refractivity contribution >= 4 is 12.0 Å². The summed E-state index contributed by atoms with van der Waals surface area (Å²) in [5.74, 6) is -3.41. The van der Waals surface area contributed by atoms with E-state index in [1.807, 2.05) is 0 Å². The number of amides is 2. The first-order chi connectivity index (χ1) is 10.5. The Bertz CT molecular complexity index is 539. The molecule has 2 aliphatic heterocycles. The highest BCUT2D eigenvalue weighted by molar-refractivity contribution is 5.87. The van der Waals surface area contributed by atoms with Gasteiger partial charge in [-0.15, -0.1) is 0 Å². The van der Waals surface area contributed by atoms with Crippen LogP contribution < -0.4 is 0 Å². The highest BCUT2D eigenvalue weighted by Gasteiger charge is 2.49. The lowest BCUT2D eigenvalue weighted by molar-refractivity contribution is -0.136. The van der Waals surface area contributed by atoms with E-state index < -0.39 is 42.2 Å². The van der Waals surface area contributed by atoms with Crippen LogP contribution in [0.5, 0.6) is 0 Å². The molecule has 6 nitrogen and oxygen atoms in total. The average Bonchev–Trinajstić information content (AvgIpc) is 2.99. The molecule has 2 rings (SSSR count). The number of ether oxygens (including phenoxy) is 1. The largest absolute Gasteiger partial charge is 0.444 e. The Morgan fingerprint density at radius 3 is 2.48 bits per heavy atom. The molecule has 0 radical (unpaired) electrons. The Morgan fingerprint density at radius 1 is 1.35 bits per heavy atom. The van der Waals surface area contributed by atoms with Crippen molar-refractivity contribution in [1.82, 2.24) is 9.80 Å². The molecule has 2 amide bonds. The predicted octanol–water partition coefficient (Wildman–Crippen LogP) is 2.15. The van der Waals surface area contributed by atoms with Crippen molar-refractivity contribution in [3.05, 3.63) is 11.4 Å². The van der Waals surface area contributed by atoms with E-state index in [4.69, 9.17) is 11.3 Å². The maximum atomic E-state index is 13.3. The van der Waals surface area contributed by atoms with Gasteiger partial charge in [0.25, 0.3) is 5.92 Å². The fraction of sp³-hybridized carbons (Fsp3) is 0.800. The first kappa shape index (κ1) is 17.4. The van der Waals surface area contributed by atoms with E-state index in [1.165, 1.54) is 4.90 Å². The third-order valence-corrected chi connectivity index (χ3v) is 3.86. The SMILES string of the molecule is [C-]#[N+][C@H]1C[C@@H](C(=O)N2CCC(F)(F)C2)N(C(=O)OC(C)(C)C)C1. The Morgan fingerprint density at radius 2 is 2.00 bits per heavy atom. The second-order valence-electron chi connectivity index (χ2n) is 7.03. The van der Waals surface area contributed by atoms with Crippen LogP contribution in [0.25, 0.3) is 4.85 Å². The standard InChI is InChI=1S/C15H21F2N3O3/c1-14(2,3)23-13(22)20-8-10(18-4)7-11(20)12(21)19-6-5-15(16,17)9-19/h10-11H,5-9H2,1-3H3/t10-,11-/m0/s1. The second-order valence-corrected chi connectivity index (χ2v) is 7.03. The van der Waals surface area contributed by atoms with Gasteiger partial charge in [0.15, 0.2) is 0 Å². The van der Waals surface area contributed by atoms with Gasteiger partial charge in [0.1, 0.15) is 18.2 Å². The van der Waals surface area contributed by atoms with Crippen LogP contribution in [-0.4, -0.2) is 65.0 Å². The lowest BCUT2D eigenvalue weighted by atomic mass is 10.1. The Labute approximate surface area is 134 Å². The summed E-state index contributed by atoms with van der Waals surface area (Å²) in [6.45, 7) is 11.6. The molecular formula is C15H21F2N3O3. The van der Waals surface area contributed by atoms with Gasteiger partial charge in [-0.05, 0) is 20.8 Å². The number of rotatable bonds is 1. The lowest BCUT2D eigenvalue weighted by Crippen LogP contribution is -2.48. The first-order valence-electron chi connectivity index (χ1n) is 7.55. The molecule has 23 heavy (non-hydrogen) atoms. The van der Waals surface area contributed by atoms with Crippen molar-refractivity contribution in [1.29, 1.82) is 0 Å². The molecule has 2 aliphatic rings. The molecule has 2 fully saturated rings. The number of hydrogen-bond acceptors (Lipinski definition) is 3. The number of nitrogens with zero attached hydrogens (tertiary/aromatic N) is 3. The minimum absolute atomic E-state index is 0.0345. The summed E-state index contributed by atoms with van der Waals surface area (Å²) in [7, 11) is 0. The van der Waals surface area contributed by atoms with Gasteiger partial charge in [0.05, 0.1) is 13.0 Å². The van der Waals surface area contributed by atoms with Crippen LogP contribution in [0.2, 0.25) is 0 Å². The Hall–Kier alpha value is -1.91. The van der Waals surface area contributed by atoms with Crippen LogP contribution in [0, 0.1) is 6.57 Å².